The molecule has 1 aliphatic rings. The number of ether oxygens (including phenoxy) is 3. The van der Waals surface area contributed by atoms with E-state index in [1.807, 2.05) is 4.90 Å². The van der Waals surface area contributed by atoms with E-state index in [2.05, 4.69) is 15.9 Å². The fourth-order valence-corrected chi connectivity index (χ4v) is 2.83. The molecule has 1 aromatic carbocycles. The van der Waals surface area contributed by atoms with Crippen molar-refractivity contribution in [2.45, 2.75) is 17.7 Å². The number of alkyl halides is 1. The summed E-state index contributed by atoms with van der Waals surface area (Å²) in [5.41, 5.74) is 0.503. The molecule has 0 bridgehead atoms. The van der Waals surface area contributed by atoms with Crippen molar-refractivity contribution < 1.29 is 19.0 Å². The summed E-state index contributed by atoms with van der Waals surface area (Å²) in [5, 5.41) is 0. The molecule has 1 fully saturated rings. The number of carbonyl (C=O) groups excluding carboxylic acids is 1. The highest BCUT2D eigenvalue weighted by Crippen LogP contribution is 2.35. The molecule has 0 saturated carbocycles. The van der Waals surface area contributed by atoms with E-state index in [4.69, 9.17) is 14.2 Å². The Balaban J connectivity index is 2.31. The van der Waals surface area contributed by atoms with Crippen LogP contribution in [-0.2, 0) is 0 Å². The molecule has 6 heteroatoms. The van der Waals surface area contributed by atoms with Crippen molar-refractivity contribution in [2.75, 3.05) is 34.4 Å². The lowest BCUT2D eigenvalue weighted by Gasteiger charge is -2.30. The molecule has 0 spiro atoms. The topological polar surface area (TPSA) is 48.0 Å². The standard InChI is InChI=1S/C15H20BrNO4/c1-19-12-9-14(21-3)13(20-2)8-11(12)15(18)17-6-4-10(16)5-7-17/h8-10H,4-7H2,1-3H3. The highest BCUT2D eigenvalue weighted by molar-refractivity contribution is 9.09. The van der Waals surface area contributed by atoms with Crippen molar-refractivity contribution in [3.8, 4) is 17.2 Å². The number of likely N-dealkylation sites (tertiary alicyclic amines) is 1. The number of methoxy groups -OCH3 is 3. The van der Waals surface area contributed by atoms with Gasteiger partial charge in [-0.25, -0.2) is 0 Å². The fraction of sp³-hybridized carbons (Fsp3) is 0.533. The second-order valence-corrected chi connectivity index (χ2v) is 6.17. The molecular weight excluding hydrogens is 338 g/mol. The van der Waals surface area contributed by atoms with Gasteiger partial charge in [0.1, 0.15) is 5.75 Å². The normalized spacial score (nSPS) is 15.7. The lowest BCUT2D eigenvalue weighted by atomic mass is 10.1. The van der Waals surface area contributed by atoms with Gasteiger partial charge in [0.05, 0.1) is 26.9 Å². The van der Waals surface area contributed by atoms with Crippen LogP contribution in [0.4, 0.5) is 0 Å². The van der Waals surface area contributed by atoms with Gasteiger partial charge in [-0.2, -0.15) is 0 Å². The molecule has 0 N–H and O–H groups in total. The number of nitrogens with zero attached hydrogens (tertiary/aromatic N) is 1. The Morgan fingerprint density at radius 1 is 1.05 bits per heavy atom. The zero-order chi connectivity index (χ0) is 15.4. The predicted octanol–water partition coefficient (Wildman–Crippen LogP) is 2.71. The summed E-state index contributed by atoms with van der Waals surface area (Å²) < 4.78 is 15.8. The van der Waals surface area contributed by atoms with E-state index < -0.39 is 0 Å². The van der Waals surface area contributed by atoms with Crippen LogP contribution in [0.15, 0.2) is 12.1 Å². The van der Waals surface area contributed by atoms with E-state index in [1.54, 1.807) is 33.5 Å². The summed E-state index contributed by atoms with van der Waals surface area (Å²) in [6, 6.07) is 3.36. The van der Waals surface area contributed by atoms with Crippen LogP contribution in [0.5, 0.6) is 17.2 Å². The molecule has 0 radical (unpaired) electrons. The Bertz CT molecular complexity index is 513. The van der Waals surface area contributed by atoms with Gasteiger partial charge in [-0.05, 0) is 12.8 Å². The zero-order valence-electron chi connectivity index (χ0n) is 12.5. The highest BCUT2D eigenvalue weighted by atomic mass is 79.9. The Morgan fingerprint density at radius 2 is 1.57 bits per heavy atom. The molecule has 0 aliphatic carbocycles. The fourth-order valence-electron chi connectivity index (χ4n) is 2.42. The van der Waals surface area contributed by atoms with Crippen molar-refractivity contribution >= 4 is 21.8 Å². The molecule has 1 aliphatic heterocycles. The van der Waals surface area contributed by atoms with Crippen LogP contribution in [0.1, 0.15) is 23.2 Å². The molecule has 1 amide bonds. The third-order valence-corrected chi connectivity index (χ3v) is 4.56. The van der Waals surface area contributed by atoms with Crippen molar-refractivity contribution in [1.29, 1.82) is 0 Å². The summed E-state index contributed by atoms with van der Waals surface area (Å²) in [4.78, 5) is 15.0. The van der Waals surface area contributed by atoms with Gasteiger partial charge >= 0.3 is 0 Å². The molecule has 1 saturated heterocycles. The first kappa shape index (κ1) is 15.9. The van der Waals surface area contributed by atoms with Crippen molar-refractivity contribution in [3.63, 3.8) is 0 Å². The lowest BCUT2D eigenvalue weighted by molar-refractivity contribution is 0.0724. The average Bonchev–Trinajstić information content (AvgIpc) is 2.53. The third kappa shape index (κ3) is 3.43. The Hall–Kier alpha value is -1.43. The van der Waals surface area contributed by atoms with Crippen LogP contribution in [0.3, 0.4) is 0 Å². The number of hydrogen-bond acceptors (Lipinski definition) is 4. The summed E-state index contributed by atoms with van der Waals surface area (Å²) in [6.07, 6.45) is 1.92. The first-order valence-corrected chi connectivity index (χ1v) is 7.75. The molecule has 0 unspecified atom stereocenters. The smallest absolute Gasteiger partial charge is 0.257 e. The maximum Gasteiger partial charge on any atom is 0.257 e. The minimum atomic E-state index is -0.0350. The number of hydrogen-bond donors (Lipinski definition) is 0. The number of rotatable bonds is 4. The first-order valence-electron chi connectivity index (χ1n) is 6.84. The summed E-state index contributed by atoms with van der Waals surface area (Å²) in [7, 11) is 4.65. The maximum absolute atomic E-state index is 12.7. The number of piperidine rings is 1. The molecule has 1 aromatic rings. The van der Waals surface area contributed by atoms with Gasteiger partial charge in [-0.15, -0.1) is 0 Å². The van der Waals surface area contributed by atoms with Crippen LogP contribution >= 0.6 is 15.9 Å². The minimum absolute atomic E-state index is 0.0350. The van der Waals surface area contributed by atoms with E-state index in [0.717, 1.165) is 25.9 Å². The van der Waals surface area contributed by atoms with Crippen LogP contribution in [0, 0.1) is 0 Å². The summed E-state index contributed by atoms with van der Waals surface area (Å²) >= 11 is 3.59. The third-order valence-electron chi connectivity index (χ3n) is 3.65. The van der Waals surface area contributed by atoms with Gasteiger partial charge in [-0.1, -0.05) is 15.9 Å². The van der Waals surface area contributed by atoms with Gasteiger partial charge in [0, 0.05) is 30.0 Å². The second-order valence-electron chi connectivity index (χ2n) is 4.87. The van der Waals surface area contributed by atoms with Crippen LogP contribution in [0.25, 0.3) is 0 Å². The predicted molar refractivity (Wildman–Crippen MR) is 84.0 cm³/mol. The molecule has 0 atom stereocenters. The van der Waals surface area contributed by atoms with Gasteiger partial charge < -0.3 is 19.1 Å². The Labute approximate surface area is 133 Å². The van der Waals surface area contributed by atoms with E-state index >= 15 is 0 Å². The van der Waals surface area contributed by atoms with Gasteiger partial charge in [0.25, 0.3) is 5.91 Å². The summed E-state index contributed by atoms with van der Waals surface area (Å²) in [6.45, 7) is 1.48. The van der Waals surface area contributed by atoms with E-state index in [0.29, 0.717) is 27.6 Å². The van der Waals surface area contributed by atoms with Crippen LogP contribution in [-0.4, -0.2) is 50.1 Å². The second kappa shape index (κ2) is 7.02. The van der Waals surface area contributed by atoms with Crippen molar-refractivity contribution in [3.05, 3.63) is 17.7 Å². The molecule has 2 rings (SSSR count). The average molecular weight is 358 g/mol. The monoisotopic (exact) mass is 357 g/mol. The van der Waals surface area contributed by atoms with Crippen molar-refractivity contribution in [1.82, 2.24) is 4.90 Å². The maximum atomic E-state index is 12.7. The molecule has 1 heterocycles. The number of halogens is 1. The van der Waals surface area contributed by atoms with E-state index in [-0.39, 0.29) is 5.91 Å². The zero-order valence-corrected chi connectivity index (χ0v) is 14.1. The molecular formula is C15H20BrNO4. The minimum Gasteiger partial charge on any atom is -0.496 e. The molecule has 116 valence electrons. The van der Waals surface area contributed by atoms with Crippen molar-refractivity contribution in [2.24, 2.45) is 0 Å². The van der Waals surface area contributed by atoms with Crippen LogP contribution in [0.2, 0.25) is 0 Å². The van der Waals surface area contributed by atoms with Gasteiger partial charge in [-0.3, -0.25) is 4.79 Å². The molecule has 0 aromatic heterocycles. The molecule has 21 heavy (non-hydrogen) atoms. The van der Waals surface area contributed by atoms with Gasteiger partial charge in [0.2, 0.25) is 0 Å². The lowest BCUT2D eigenvalue weighted by Crippen LogP contribution is -2.38. The number of benzene rings is 1. The Morgan fingerprint density at radius 3 is 2.10 bits per heavy atom. The highest BCUT2D eigenvalue weighted by Gasteiger charge is 2.25. The largest absolute Gasteiger partial charge is 0.496 e. The van der Waals surface area contributed by atoms with Crippen LogP contribution < -0.4 is 14.2 Å². The van der Waals surface area contributed by atoms with E-state index in [9.17, 15) is 4.79 Å². The summed E-state index contributed by atoms with van der Waals surface area (Å²) in [5.74, 6) is 1.54. The Kier molecular flexibility index (Phi) is 5.33. The number of amides is 1. The molecule has 5 nitrogen and oxygen atoms in total. The van der Waals surface area contributed by atoms with E-state index in [1.165, 1.54) is 0 Å². The quantitative estimate of drug-likeness (QED) is 0.777. The SMILES string of the molecule is COc1cc(OC)c(C(=O)N2CCC(Br)CC2)cc1OC. The van der Waals surface area contributed by atoms with Gasteiger partial charge in [0.15, 0.2) is 11.5 Å². The number of carbonyl (C=O) groups is 1. The first-order chi connectivity index (χ1) is 10.1.